The first kappa shape index (κ1) is 15.4. The number of nitrogens with two attached hydrogens (primary N) is 1. The highest BCUT2D eigenvalue weighted by atomic mass is 35.5. The van der Waals surface area contributed by atoms with Crippen LogP contribution in [0, 0.1) is 13.8 Å². The van der Waals surface area contributed by atoms with E-state index in [4.69, 9.17) is 16.4 Å². The quantitative estimate of drug-likeness (QED) is 0.736. The van der Waals surface area contributed by atoms with Crippen LogP contribution >= 0.6 is 11.6 Å². The van der Waals surface area contributed by atoms with Crippen LogP contribution in [0.1, 0.15) is 25.1 Å². The van der Waals surface area contributed by atoms with Crippen LogP contribution in [0.2, 0.25) is 5.02 Å². The van der Waals surface area contributed by atoms with Crippen LogP contribution in [-0.4, -0.2) is 15.8 Å². The van der Waals surface area contributed by atoms with Gasteiger partial charge in [0.15, 0.2) is 5.65 Å². The molecule has 2 aromatic rings. The highest BCUT2D eigenvalue weighted by Crippen LogP contribution is 2.20. The van der Waals surface area contributed by atoms with Crippen molar-refractivity contribution in [3.63, 3.8) is 0 Å². The van der Waals surface area contributed by atoms with Gasteiger partial charge in [0.05, 0.1) is 10.7 Å². The lowest BCUT2D eigenvalue weighted by atomic mass is 10.3. The van der Waals surface area contributed by atoms with E-state index in [0.717, 1.165) is 21.9 Å². The summed E-state index contributed by atoms with van der Waals surface area (Å²) in [5.41, 5.74) is 7.06. The lowest BCUT2D eigenvalue weighted by Crippen LogP contribution is -1.85. The molecule has 0 aliphatic carbocycles. The number of carbonyl (C=O) groups excluding carboxylic acids is 1. The van der Waals surface area contributed by atoms with E-state index in [-0.39, 0.29) is 6.41 Å². The molecule has 0 atom stereocenters. The van der Waals surface area contributed by atoms with Crippen molar-refractivity contribution in [2.24, 2.45) is 5.73 Å². The zero-order valence-corrected chi connectivity index (χ0v) is 11.3. The summed E-state index contributed by atoms with van der Waals surface area (Å²) in [5.74, 6) is 0. The molecule has 94 valence electrons. The Balaban J connectivity index is 0.000000450. The van der Waals surface area contributed by atoms with E-state index < -0.39 is 0 Å². The van der Waals surface area contributed by atoms with E-state index in [1.54, 1.807) is 0 Å². The Hall–Kier alpha value is -1.55. The maximum absolute atomic E-state index is 8.58. The molecule has 0 spiro atoms. The molecule has 2 heterocycles. The Morgan fingerprint density at radius 1 is 1.41 bits per heavy atom. The zero-order chi connectivity index (χ0) is 13.4. The van der Waals surface area contributed by atoms with Crippen molar-refractivity contribution in [2.75, 3.05) is 0 Å². The number of amides is 1. The SMILES string of the molecule is CC.Cc1cn2ccc(C)c(Cl)c2n1.NC=O. The normalized spacial score (nSPS) is 8.76. The van der Waals surface area contributed by atoms with Crippen LogP contribution in [0.5, 0.6) is 0 Å². The van der Waals surface area contributed by atoms with Crippen molar-refractivity contribution in [1.82, 2.24) is 9.38 Å². The molecule has 2 aromatic heterocycles. The van der Waals surface area contributed by atoms with Crippen molar-refractivity contribution < 1.29 is 4.79 Å². The first-order valence-electron chi connectivity index (χ1n) is 5.36. The Bertz CT molecular complexity index is 480. The molecule has 0 bridgehead atoms. The van der Waals surface area contributed by atoms with Gasteiger partial charge in [0, 0.05) is 12.4 Å². The van der Waals surface area contributed by atoms with Gasteiger partial charge in [-0.25, -0.2) is 4.98 Å². The highest BCUT2D eigenvalue weighted by molar-refractivity contribution is 6.34. The van der Waals surface area contributed by atoms with Crippen molar-refractivity contribution in [3.05, 3.63) is 34.7 Å². The van der Waals surface area contributed by atoms with Crippen molar-refractivity contribution in [2.45, 2.75) is 27.7 Å². The van der Waals surface area contributed by atoms with Gasteiger partial charge in [-0.3, -0.25) is 4.79 Å². The molecule has 5 heteroatoms. The molecule has 1 amide bonds. The third-order valence-electron chi connectivity index (χ3n) is 1.88. The maximum Gasteiger partial charge on any atom is 0.204 e. The third kappa shape index (κ3) is 4.07. The van der Waals surface area contributed by atoms with Crippen molar-refractivity contribution in [3.8, 4) is 0 Å². The molecule has 17 heavy (non-hydrogen) atoms. The predicted octanol–water partition coefficient (Wildman–Crippen LogP) is 2.73. The number of halogens is 1. The second kappa shape index (κ2) is 7.68. The average Bonchev–Trinajstić information content (AvgIpc) is 2.69. The van der Waals surface area contributed by atoms with Crippen LogP contribution in [0.15, 0.2) is 18.5 Å². The molecular weight excluding hydrogens is 238 g/mol. The first-order valence-corrected chi connectivity index (χ1v) is 5.73. The standard InChI is InChI=1S/C9H9ClN2.C2H6.CH3NO/c1-6-3-4-12-5-7(2)11-9(12)8(6)10;1-2;2-1-3/h3-5H,1-2H3;1-2H3;1H,(H2,2,3). The van der Waals surface area contributed by atoms with Gasteiger partial charge in [0.25, 0.3) is 0 Å². The Labute approximate surface area is 106 Å². The summed E-state index contributed by atoms with van der Waals surface area (Å²) in [6.07, 6.45) is 4.18. The van der Waals surface area contributed by atoms with Crippen LogP contribution in [-0.2, 0) is 4.79 Å². The molecule has 0 saturated carbocycles. The lowest BCUT2D eigenvalue weighted by Gasteiger charge is -1.98. The van der Waals surface area contributed by atoms with Gasteiger partial charge in [-0.1, -0.05) is 25.4 Å². The average molecular weight is 256 g/mol. The molecule has 4 nitrogen and oxygen atoms in total. The van der Waals surface area contributed by atoms with Crippen LogP contribution in [0.25, 0.3) is 5.65 Å². The number of primary amides is 1. The predicted molar refractivity (Wildman–Crippen MR) is 71.3 cm³/mol. The Morgan fingerprint density at radius 2 is 1.94 bits per heavy atom. The molecule has 2 rings (SSSR count). The van der Waals surface area contributed by atoms with Gasteiger partial charge >= 0.3 is 0 Å². The summed E-state index contributed by atoms with van der Waals surface area (Å²) in [6.45, 7) is 7.94. The minimum Gasteiger partial charge on any atom is -0.372 e. The van der Waals surface area contributed by atoms with Gasteiger partial charge in [-0.05, 0) is 25.5 Å². The molecule has 0 saturated heterocycles. The number of nitrogens with zero attached hydrogens (tertiary/aromatic N) is 2. The number of fused-ring (bicyclic) bond motifs is 1. The number of imidazole rings is 1. The number of aromatic nitrogens is 2. The maximum atomic E-state index is 8.58. The fraction of sp³-hybridized carbons (Fsp3) is 0.333. The summed E-state index contributed by atoms with van der Waals surface area (Å²) in [6, 6.07) is 1.98. The largest absolute Gasteiger partial charge is 0.372 e. The number of carbonyl (C=O) groups is 1. The van der Waals surface area contributed by atoms with Gasteiger partial charge in [-0.15, -0.1) is 0 Å². The number of hydrogen-bond acceptors (Lipinski definition) is 2. The molecular formula is C12H18ClN3O. The Morgan fingerprint density at radius 3 is 2.47 bits per heavy atom. The van der Waals surface area contributed by atoms with E-state index in [9.17, 15) is 0 Å². The molecule has 0 aliphatic rings. The first-order chi connectivity index (χ1) is 8.10. The van der Waals surface area contributed by atoms with Gasteiger partial charge in [-0.2, -0.15) is 0 Å². The van der Waals surface area contributed by atoms with Crippen molar-refractivity contribution >= 4 is 23.7 Å². The third-order valence-corrected chi connectivity index (χ3v) is 2.35. The zero-order valence-electron chi connectivity index (χ0n) is 10.6. The number of rotatable bonds is 0. The summed E-state index contributed by atoms with van der Waals surface area (Å²) in [5, 5.41) is 0.741. The molecule has 0 unspecified atom stereocenters. The smallest absolute Gasteiger partial charge is 0.204 e. The van der Waals surface area contributed by atoms with E-state index in [1.807, 2.05) is 50.6 Å². The highest BCUT2D eigenvalue weighted by Gasteiger charge is 2.03. The molecule has 0 radical (unpaired) electrons. The summed E-state index contributed by atoms with van der Waals surface area (Å²) < 4.78 is 1.94. The van der Waals surface area contributed by atoms with Crippen molar-refractivity contribution in [1.29, 1.82) is 0 Å². The van der Waals surface area contributed by atoms with Gasteiger partial charge in [0.1, 0.15) is 0 Å². The van der Waals surface area contributed by atoms with E-state index in [2.05, 4.69) is 10.7 Å². The van der Waals surface area contributed by atoms with E-state index in [0.29, 0.717) is 0 Å². The second-order valence-electron chi connectivity index (χ2n) is 3.06. The number of aryl methyl sites for hydroxylation is 2. The van der Waals surface area contributed by atoms with Crippen LogP contribution < -0.4 is 5.73 Å². The van der Waals surface area contributed by atoms with Crippen LogP contribution in [0.4, 0.5) is 0 Å². The monoisotopic (exact) mass is 255 g/mol. The second-order valence-corrected chi connectivity index (χ2v) is 3.44. The fourth-order valence-electron chi connectivity index (χ4n) is 1.23. The Kier molecular flexibility index (Phi) is 6.98. The fourth-order valence-corrected chi connectivity index (χ4v) is 1.44. The van der Waals surface area contributed by atoms with Gasteiger partial charge in [0.2, 0.25) is 6.41 Å². The molecule has 0 aromatic carbocycles. The lowest BCUT2D eigenvalue weighted by molar-refractivity contribution is -0.106. The summed E-state index contributed by atoms with van der Waals surface area (Å²) in [7, 11) is 0. The van der Waals surface area contributed by atoms with Crippen LogP contribution in [0.3, 0.4) is 0 Å². The van der Waals surface area contributed by atoms with E-state index >= 15 is 0 Å². The number of pyridine rings is 1. The molecule has 2 N–H and O–H groups in total. The van der Waals surface area contributed by atoms with Gasteiger partial charge < -0.3 is 10.1 Å². The summed E-state index contributed by atoms with van der Waals surface area (Å²) >= 11 is 6.06. The number of hydrogen-bond donors (Lipinski definition) is 1. The summed E-state index contributed by atoms with van der Waals surface area (Å²) in [4.78, 5) is 12.9. The minimum atomic E-state index is 0.250. The molecule has 0 fully saturated rings. The molecule has 0 aliphatic heterocycles. The minimum absolute atomic E-state index is 0.250. The van der Waals surface area contributed by atoms with E-state index in [1.165, 1.54) is 0 Å². The topological polar surface area (TPSA) is 60.4 Å².